The zero-order chi connectivity index (χ0) is 21.1. The van der Waals surface area contributed by atoms with Crippen molar-refractivity contribution in [1.29, 1.82) is 0 Å². The van der Waals surface area contributed by atoms with Gasteiger partial charge >= 0.3 is 0 Å². The summed E-state index contributed by atoms with van der Waals surface area (Å²) in [6.07, 6.45) is 0. The van der Waals surface area contributed by atoms with Crippen molar-refractivity contribution in [2.75, 3.05) is 105 Å². The van der Waals surface area contributed by atoms with E-state index in [-0.39, 0.29) is 0 Å². The van der Waals surface area contributed by atoms with E-state index >= 15 is 0 Å². The molecule has 0 radical (unpaired) electrons. The second-order valence-corrected chi connectivity index (χ2v) is 5.33. The lowest BCUT2D eigenvalue weighted by Gasteiger charge is -2.08. The minimum atomic E-state index is 0.336. The Hall–Kier alpha value is -1.66. The van der Waals surface area contributed by atoms with Crippen LogP contribution in [0.1, 0.15) is 0 Å². The lowest BCUT2D eigenvalue weighted by molar-refractivity contribution is 0.0136. The molecule has 0 unspecified atom stereocenters. The van der Waals surface area contributed by atoms with Crippen molar-refractivity contribution in [3.8, 4) is 0 Å². The predicted octanol–water partition coefficient (Wildman–Crippen LogP) is 1.30. The lowest BCUT2D eigenvalue weighted by atomic mass is 10.6. The molecule has 0 heterocycles. The predicted molar refractivity (Wildman–Crippen MR) is 106 cm³/mol. The fraction of sp³-hybridized carbons (Fsp3) is 1.00. The molecule has 0 fully saturated rings. The first-order valence-corrected chi connectivity index (χ1v) is 9.60. The van der Waals surface area contributed by atoms with Gasteiger partial charge in [0.1, 0.15) is 0 Å². The first-order chi connectivity index (χ1) is 14.4. The smallest absolute Gasteiger partial charge is 0.0701 e. The maximum Gasteiger partial charge on any atom is 0.0701 e. The number of nitrogens with one attached hydrogen (secondary N) is 1. The normalized spacial score (nSPS) is 10.5. The highest BCUT2D eigenvalue weighted by molar-refractivity contribution is 4.47. The molecular weight excluding hydrogens is 386 g/mol. The molecule has 0 aliphatic heterocycles. The van der Waals surface area contributed by atoms with E-state index in [0.29, 0.717) is 92.4 Å². The molecule has 0 atom stereocenters. The van der Waals surface area contributed by atoms with Gasteiger partial charge < -0.3 is 33.7 Å². The number of azide groups is 2. The first-order valence-electron chi connectivity index (χ1n) is 9.60. The fourth-order valence-electron chi connectivity index (χ4n) is 1.80. The first kappa shape index (κ1) is 27.3. The van der Waals surface area contributed by atoms with E-state index in [9.17, 15) is 0 Å². The third-order valence-corrected chi connectivity index (χ3v) is 3.13. The zero-order valence-electron chi connectivity index (χ0n) is 16.9. The molecule has 0 aromatic rings. The van der Waals surface area contributed by atoms with Gasteiger partial charge in [-0.2, -0.15) is 0 Å². The van der Waals surface area contributed by atoms with Crippen LogP contribution in [0.3, 0.4) is 0 Å². The van der Waals surface area contributed by atoms with Crippen molar-refractivity contribution in [2.45, 2.75) is 0 Å². The van der Waals surface area contributed by atoms with Gasteiger partial charge in [0.05, 0.1) is 79.3 Å². The Labute approximate surface area is 171 Å². The molecule has 0 aromatic heterocycles. The van der Waals surface area contributed by atoms with Crippen molar-refractivity contribution in [3.05, 3.63) is 20.9 Å². The van der Waals surface area contributed by atoms with Crippen LogP contribution in [0.4, 0.5) is 0 Å². The highest BCUT2D eigenvalue weighted by Gasteiger charge is 1.94. The van der Waals surface area contributed by atoms with Crippen molar-refractivity contribution in [3.63, 3.8) is 0 Å². The van der Waals surface area contributed by atoms with E-state index in [1.54, 1.807) is 0 Å². The molecule has 168 valence electrons. The molecule has 0 aromatic carbocycles. The minimum absolute atomic E-state index is 0.336. The van der Waals surface area contributed by atoms with Crippen molar-refractivity contribution in [1.82, 2.24) is 5.32 Å². The summed E-state index contributed by atoms with van der Waals surface area (Å²) in [4.78, 5) is 5.26. The maximum absolute atomic E-state index is 8.09. The number of hydrogen-bond acceptors (Lipinski definition) is 9. The topological polar surface area (TPSA) is 165 Å². The molecule has 0 bridgehead atoms. The Morgan fingerprint density at radius 3 is 1.14 bits per heavy atom. The third kappa shape index (κ3) is 26.3. The Morgan fingerprint density at radius 2 is 0.793 bits per heavy atom. The average molecular weight is 419 g/mol. The summed E-state index contributed by atoms with van der Waals surface area (Å²) in [5, 5.41) is 9.94. The Morgan fingerprint density at radius 1 is 0.483 bits per heavy atom. The van der Waals surface area contributed by atoms with Crippen molar-refractivity contribution < 1.29 is 28.4 Å². The summed E-state index contributed by atoms with van der Waals surface area (Å²) in [5.74, 6) is 0. The Bertz CT molecular complexity index is 396. The van der Waals surface area contributed by atoms with Gasteiger partial charge in [0.25, 0.3) is 0 Å². The van der Waals surface area contributed by atoms with Gasteiger partial charge in [-0.15, -0.1) is 0 Å². The summed E-state index contributed by atoms with van der Waals surface area (Å²) in [5.41, 5.74) is 16.2. The quantitative estimate of drug-likeness (QED) is 0.106. The van der Waals surface area contributed by atoms with Crippen LogP contribution >= 0.6 is 0 Å². The van der Waals surface area contributed by atoms with Crippen LogP contribution in [0.25, 0.3) is 20.9 Å². The van der Waals surface area contributed by atoms with Crippen LogP contribution in [-0.4, -0.2) is 105 Å². The van der Waals surface area contributed by atoms with E-state index in [4.69, 9.17) is 39.5 Å². The summed E-state index contributed by atoms with van der Waals surface area (Å²) in [6.45, 7) is 8.20. The molecule has 29 heavy (non-hydrogen) atoms. The number of hydrogen-bond donors (Lipinski definition) is 1. The van der Waals surface area contributed by atoms with Crippen LogP contribution in [0.2, 0.25) is 0 Å². The van der Waals surface area contributed by atoms with Gasteiger partial charge in [-0.3, -0.25) is 0 Å². The highest BCUT2D eigenvalue weighted by Crippen LogP contribution is 1.83. The maximum atomic E-state index is 8.09. The van der Waals surface area contributed by atoms with Crippen molar-refractivity contribution >= 4 is 0 Å². The molecule has 0 aliphatic rings. The van der Waals surface area contributed by atoms with E-state index in [0.717, 1.165) is 13.1 Å². The summed E-state index contributed by atoms with van der Waals surface area (Å²) in [7, 11) is 0. The largest absolute Gasteiger partial charge is 0.379 e. The summed E-state index contributed by atoms with van der Waals surface area (Å²) in [6, 6.07) is 0. The molecule has 1 N–H and O–H groups in total. The lowest BCUT2D eigenvalue weighted by Crippen LogP contribution is -2.25. The zero-order valence-corrected chi connectivity index (χ0v) is 16.9. The summed E-state index contributed by atoms with van der Waals surface area (Å²) < 4.78 is 31.9. The van der Waals surface area contributed by atoms with Gasteiger partial charge in [0, 0.05) is 36.0 Å². The van der Waals surface area contributed by atoms with Crippen LogP contribution in [0, 0.1) is 0 Å². The molecule has 13 nitrogen and oxygen atoms in total. The van der Waals surface area contributed by atoms with Gasteiger partial charge in [-0.05, 0) is 11.1 Å². The van der Waals surface area contributed by atoms with Crippen molar-refractivity contribution in [2.24, 2.45) is 10.2 Å². The Balaban J connectivity index is 3.01. The minimum Gasteiger partial charge on any atom is -0.379 e. The monoisotopic (exact) mass is 419 g/mol. The number of nitrogens with zero attached hydrogens (tertiary/aromatic N) is 6. The number of rotatable bonds is 24. The van der Waals surface area contributed by atoms with E-state index < -0.39 is 0 Å². The SMILES string of the molecule is [N-]=[N+]=NCCOCCOCCOCCNCCOCCOCCOCCN=[N+]=[N-]. The third-order valence-electron chi connectivity index (χ3n) is 3.13. The fourth-order valence-corrected chi connectivity index (χ4v) is 1.80. The van der Waals surface area contributed by atoms with E-state index in [1.165, 1.54) is 0 Å². The second kappa shape index (κ2) is 26.3. The van der Waals surface area contributed by atoms with Crippen LogP contribution in [0.5, 0.6) is 0 Å². The van der Waals surface area contributed by atoms with Gasteiger partial charge in [0.15, 0.2) is 0 Å². The van der Waals surface area contributed by atoms with Crippen LogP contribution < -0.4 is 5.32 Å². The van der Waals surface area contributed by atoms with Crippen LogP contribution in [0.15, 0.2) is 10.2 Å². The molecule has 0 saturated heterocycles. The standard InChI is InChI=1S/C16H33N7O6/c17-22-20-3-7-26-11-15-28-13-9-24-5-1-19-2-6-25-10-14-29-16-12-27-8-4-21-23-18/h19H,1-16H2. The number of ether oxygens (including phenoxy) is 6. The molecular formula is C16H33N7O6. The van der Waals surface area contributed by atoms with Gasteiger partial charge in [0.2, 0.25) is 0 Å². The van der Waals surface area contributed by atoms with Gasteiger partial charge in [-0.25, -0.2) is 0 Å². The molecule has 0 spiro atoms. The van der Waals surface area contributed by atoms with E-state index in [2.05, 4.69) is 25.4 Å². The van der Waals surface area contributed by atoms with Crippen LogP contribution in [-0.2, 0) is 28.4 Å². The summed E-state index contributed by atoms with van der Waals surface area (Å²) >= 11 is 0. The molecule has 13 heteroatoms. The molecule has 0 aliphatic carbocycles. The highest BCUT2D eigenvalue weighted by atomic mass is 16.5. The Kier molecular flexibility index (Phi) is 24.8. The second-order valence-electron chi connectivity index (χ2n) is 5.33. The molecule has 0 rings (SSSR count). The molecule has 0 amide bonds. The average Bonchev–Trinajstić information content (AvgIpc) is 2.74. The van der Waals surface area contributed by atoms with Gasteiger partial charge in [-0.1, -0.05) is 10.2 Å². The van der Waals surface area contributed by atoms with E-state index in [1.807, 2.05) is 0 Å². The molecule has 0 saturated carbocycles.